The van der Waals surface area contributed by atoms with Crippen LogP contribution in [0.15, 0.2) is 34.8 Å². The third-order valence-electron chi connectivity index (χ3n) is 0.839. The molecule has 9 heavy (non-hydrogen) atoms. The van der Waals surface area contributed by atoms with E-state index in [1.807, 2.05) is 12.1 Å². The van der Waals surface area contributed by atoms with Crippen LogP contribution in [0.2, 0.25) is 0 Å². The highest BCUT2D eigenvalue weighted by atomic mass is 32.2. The Labute approximate surface area is 58.8 Å². The molecule has 0 saturated carbocycles. The topological polar surface area (TPSA) is 12.9 Å². The smallest absolute Gasteiger partial charge is 0.0407 e. The molecule has 0 N–H and O–H groups in total. The normalized spacial score (nSPS) is 8.89. The Morgan fingerprint density at radius 2 is 2.56 bits per heavy atom. The fourth-order valence-corrected chi connectivity index (χ4v) is 0.931. The van der Waals surface area contributed by atoms with E-state index in [-0.39, 0.29) is 0 Å². The highest BCUT2D eigenvalue weighted by Crippen LogP contribution is 2.14. The molecule has 0 amide bonds. The molecule has 0 atom stereocenters. The van der Waals surface area contributed by atoms with Crippen molar-refractivity contribution in [3.8, 4) is 0 Å². The van der Waals surface area contributed by atoms with Crippen LogP contribution in [0.4, 0.5) is 0 Å². The highest BCUT2D eigenvalue weighted by Gasteiger charge is 1.84. The summed E-state index contributed by atoms with van der Waals surface area (Å²) in [5, 5.41) is 1.54. The first-order valence-electron chi connectivity index (χ1n) is 2.53. The van der Waals surface area contributed by atoms with Gasteiger partial charge in [0.2, 0.25) is 0 Å². The second-order valence-corrected chi connectivity index (χ2v) is 2.42. The number of hydrogen-bond donors (Lipinski definition) is 0. The summed E-state index contributed by atoms with van der Waals surface area (Å²) in [5.41, 5.74) is 0. The van der Waals surface area contributed by atoms with Crippen LogP contribution < -0.4 is 0 Å². The predicted octanol–water partition coefficient (Wildman–Crippen LogP) is 2.12. The lowest BCUT2D eigenvalue weighted by atomic mass is 10.5. The first-order chi connectivity index (χ1) is 4.43. The van der Waals surface area contributed by atoms with Gasteiger partial charge in [0.15, 0.2) is 0 Å². The van der Waals surface area contributed by atoms with Gasteiger partial charge in [-0.25, -0.2) is 0 Å². The zero-order chi connectivity index (χ0) is 6.53. The van der Waals surface area contributed by atoms with Crippen molar-refractivity contribution >= 4 is 11.8 Å². The molecule has 1 rings (SSSR count). The van der Waals surface area contributed by atoms with Gasteiger partial charge in [-0.15, -0.1) is 0 Å². The van der Waals surface area contributed by atoms with E-state index >= 15 is 0 Å². The Bertz CT molecular complexity index is 183. The molecule has 0 aliphatic carbocycles. The average molecular weight is 136 g/mol. The second-order valence-electron chi connectivity index (χ2n) is 1.44. The molecule has 0 spiro atoms. The predicted molar refractivity (Wildman–Crippen MR) is 39.0 cm³/mol. The van der Waals surface area contributed by atoms with Crippen molar-refractivity contribution in [3.63, 3.8) is 0 Å². The molecule has 1 nitrogen and oxygen atoms in total. The number of pyridine rings is 1. The summed E-state index contributed by atoms with van der Waals surface area (Å²) in [6.45, 7) is 5.17. The molecule has 0 unspecified atom stereocenters. The van der Waals surface area contributed by atoms with Gasteiger partial charge in [0, 0.05) is 17.3 Å². The first kappa shape index (κ1) is 6.36. The number of thioether (sulfide) groups is 1. The van der Waals surface area contributed by atoms with Gasteiger partial charge >= 0.3 is 0 Å². The molecule has 0 saturated heterocycles. The minimum Gasteiger partial charge on any atom is -0.264 e. The van der Waals surface area contributed by atoms with Crippen LogP contribution >= 0.6 is 11.8 Å². The van der Waals surface area contributed by atoms with Crippen LogP contribution in [0, 0.1) is 6.58 Å². The van der Waals surface area contributed by atoms with Gasteiger partial charge < -0.3 is 0 Å². The molecule has 0 fully saturated rings. The van der Waals surface area contributed by atoms with Crippen LogP contribution in [-0.2, 0) is 0 Å². The molecule has 45 valence electrons. The summed E-state index contributed by atoms with van der Waals surface area (Å²) >= 11 is 1.47. The van der Waals surface area contributed by atoms with E-state index in [2.05, 4.69) is 4.98 Å². The SMILES string of the molecule is [CH]=CSc1cccnc1. The van der Waals surface area contributed by atoms with Crippen molar-refractivity contribution in [2.75, 3.05) is 0 Å². The van der Waals surface area contributed by atoms with Gasteiger partial charge in [-0.1, -0.05) is 18.3 Å². The molecule has 0 aromatic carbocycles. The van der Waals surface area contributed by atoms with E-state index in [1.54, 1.807) is 12.4 Å². The van der Waals surface area contributed by atoms with Crippen molar-refractivity contribution in [1.82, 2.24) is 4.98 Å². The third kappa shape index (κ3) is 1.90. The zero-order valence-corrected chi connectivity index (χ0v) is 5.64. The Balaban J connectivity index is 2.72. The van der Waals surface area contributed by atoms with E-state index < -0.39 is 0 Å². The van der Waals surface area contributed by atoms with E-state index in [1.165, 1.54) is 17.2 Å². The number of nitrogens with zero attached hydrogens (tertiary/aromatic N) is 1. The summed E-state index contributed by atoms with van der Waals surface area (Å²) in [6.07, 6.45) is 3.51. The monoisotopic (exact) mass is 136 g/mol. The lowest BCUT2D eigenvalue weighted by Crippen LogP contribution is -1.68. The van der Waals surface area contributed by atoms with Crippen LogP contribution in [-0.4, -0.2) is 4.98 Å². The summed E-state index contributed by atoms with van der Waals surface area (Å²) in [5.74, 6) is 0. The number of hydrogen-bond acceptors (Lipinski definition) is 2. The van der Waals surface area contributed by atoms with Crippen LogP contribution in [0.3, 0.4) is 0 Å². The number of aromatic nitrogens is 1. The van der Waals surface area contributed by atoms with Crippen LogP contribution in [0.25, 0.3) is 0 Å². The van der Waals surface area contributed by atoms with Crippen molar-refractivity contribution in [3.05, 3.63) is 36.5 Å². The molecular formula is C7H6NS. The van der Waals surface area contributed by atoms with E-state index in [0.717, 1.165) is 4.90 Å². The molecule has 1 aromatic rings. The quantitative estimate of drug-likeness (QED) is 0.577. The average Bonchev–Trinajstić information content (AvgIpc) is 1.91. The van der Waals surface area contributed by atoms with Gasteiger partial charge in [-0.2, -0.15) is 0 Å². The second kappa shape index (κ2) is 3.30. The highest BCUT2D eigenvalue weighted by molar-refractivity contribution is 8.02. The standard InChI is InChI=1S/C7H6NS/c1-2-9-7-4-3-5-8-6-7/h1-6H. The number of rotatable bonds is 2. The van der Waals surface area contributed by atoms with E-state index in [9.17, 15) is 0 Å². The van der Waals surface area contributed by atoms with Gasteiger partial charge in [0.05, 0.1) is 0 Å². The lowest BCUT2D eigenvalue weighted by molar-refractivity contribution is 1.24. The fraction of sp³-hybridized carbons (Fsp3) is 0. The van der Waals surface area contributed by atoms with Crippen LogP contribution in [0.1, 0.15) is 0 Å². The van der Waals surface area contributed by atoms with E-state index in [4.69, 9.17) is 6.58 Å². The Kier molecular flexibility index (Phi) is 2.33. The molecule has 0 aliphatic heterocycles. The summed E-state index contributed by atoms with van der Waals surface area (Å²) in [6, 6.07) is 3.84. The van der Waals surface area contributed by atoms with Crippen LogP contribution in [0.5, 0.6) is 0 Å². The largest absolute Gasteiger partial charge is 0.264 e. The molecule has 2 heteroatoms. The minimum absolute atomic E-state index is 1.07. The van der Waals surface area contributed by atoms with Gasteiger partial charge in [0.1, 0.15) is 0 Å². The maximum atomic E-state index is 5.17. The van der Waals surface area contributed by atoms with Crippen molar-refractivity contribution in [2.24, 2.45) is 0 Å². The zero-order valence-electron chi connectivity index (χ0n) is 4.82. The molecule has 1 radical (unpaired) electrons. The summed E-state index contributed by atoms with van der Waals surface area (Å²) in [4.78, 5) is 4.98. The van der Waals surface area contributed by atoms with E-state index in [0.29, 0.717) is 0 Å². The van der Waals surface area contributed by atoms with Crippen molar-refractivity contribution in [1.29, 1.82) is 0 Å². The van der Waals surface area contributed by atoms with Gasteiger partial charge in [0.25, 0.3) is 0 Å². The molecular weight excluding hydrogens is 130 g/mol. The molecule has 1 heterocycles. The third-order valence-corrected chi connectivity index (χ3v) is 1.49. The molecule has 1 aromatic heterocycles. The fourth-order valence-electron chi connectivity index (χ4n) is 0.495. The van der Waals surface area contributed by atoms with Crippen molar-refractivity contribution < 1.29 is 0 Å². The first-order valence-corrected chi connectivity index (χ1v) is 3.41. The Morgan fingerprint density at radius 1 is 1.67 bits per heavy atom. The Morgan fingerprint density at radius 3 is 3.11 bits per heavy atom. The maximum absolute atomic E-state index is 5.17. The van der Waals surface area contributed by atoms with Gasteiger partial charge in [-0.3, -0.25) is 4.98 Å². The summed E-state index contributed by atoms with van der Waals surface area (Å²) in [7, 11) is 0. The summed E-state index contributed by atoms with van der Waals surface area (Å²) < 4.78 is 0. The molecule has 0 aliphatic rings. The van der Waals surface area contributed by atoms with Crippen molar-refractivity contribution in [2.45, 2.75) is 4.90 Å². The Hall–Kier alpha value is -0.760. The lowest BCUT2D eigenvalue weighted by Gasteiger charge is -1.89. The minimum atomic E-state index is 1.07. The molecule has 0 bridgehead atoms. The van der Waals surface area contributed by atoms with Gasteiger partial charge in [-0.05, 0) is 17.5 Å². The maximum Gasteiger partial charge on any atom is 0.0407 e.